The molecule has 1 aliphatic rings. The monoisotopic (exact) mass is 421 g/mol. The van der Waals surface area contributed by atoms with E-state index in [2.05, 4.69) is 24.1 Å². The molecule has 1 heterocycles. The van der Waals surface area contributed by atoms with Crippen LogP contribution in [0.2, 0.25) is 0 Å². The number of carbonyl (C=O) groups is 2. The molecule has 0 fully saturated rings. The number of imide groups is 1. The van der Waals surface area contributed by atoms with Crippen LogP contribution in [0.5, 0.6) is 0 Å². The third-order valence-electron chi connectivity index (χ3n) is 5.60. The fraction of sp³-hybridized carbons (Fsp3) is 0.360. The second-order valence-electron chi connectivity index (χ2n) is 7.67. The topological polar surface area (TPSA) is 61.9 Å². The normalized spacial score (nSPS) is 13.9. The van der Waals surface area contributed by atoms with Crippen LogP contribution in [0.1, 0.15) is 30.5 Å². The van der Waals surface area contributed by atoms with Gasteiger partial charge in [0.15, 0.2) is 0 Å². The summed E-state index contributed by atoms with van der Waals surface area (Å²) in [5.74, 6) is -0.624. The molecule has 164 valence electrons. The summed E-state index contributed by atoms with van der Waals surface area (Å²) in [6.45, 7) is 10.6. The summed E-state index contributed by atoms with van der Waals surface area (Å²) in [6.07, 6.45) is 0. The lowest BCUT2D eigenvalue weighted by Gasteiger charge is -2.21. The Morgan fingerprint density at radius 2 is 1.65 bits per heavy atom. The Hall–Kier alpha value is -3.12. The van der Waals surface area contributed by atoms with E-state index in [-0.39, 0.29) is 18.4 Å². The molecule has 1 aliphatic heterocycles. The highest BCUT2D eigenvalue weighted by molar-refractivity contribution is 6.36. The van der Waals surface area contributed by atoms with Crippen LogP contribution in [0, 0.1) is 13.8 Å². The molecule has 0 atom stereocenters. The van der Waals surface area contributed by atoms with E-state index in [1.54, 1.807) is 7.11 Å². The van der Waals surface area contributed by atoms with Crippen molar-refractivity contribution in [3.8, 4) is 0 Å². The summed E-state index contributed by atoms with van der Waals surface area (Å²) >= 11 is 0. The van der Waals surface area contributed by atoms with Gasteiger partial charge in [-0.25, -0.2) is 0 Å². The number of aryl methyl sites for hydroxylation is 2. The van der Waals surface area contributed by atoms with Gasteiger partial charge in [-0.05, 0) is 63.1 Å². The van der Waals surface area contributed by atoms with Gasteiger partial charge in [0.1, 0.15) is 5.70 Å². The Kier molecular flexibility index (Phi) is 7.13. The van der Waals surface area contributed by atoms with E-state index < -0.39 is 0 Å². The molecule has 0 unspecified atom stereocenters. The van der Waals surface area contributed by atoms with Crippen molar-refractivity contribution in [2.24, 2.45) is 0 Å². The number of amides is 2. The number of rotatable bonds is 9. The molecule has 3 rings (SSSR count). The summed E-state index contributed by atoms with van der Waals surface area (Å²) in [5, 5.41) is 3.23. The van der Waals surface area contributed by atoms with Gasteiger partial charge in [-0.3, -0.25) is 14.5 Å². The number of hydrogen-bond donors (Lipinski definition) is 1. The van der Waals surface area contributed by atoms with Crippen LogP contribution in [0.4, 0.5) is 11.4 Å². The average molecular weight is 422 g/mol. The Bertz CT molecular complexity index is 992. The van der Waals surface area contributed by atoms with E-state index in [9.17, 15) is 9.59 Å². The zero-order chi connectivity index (χ0) is 22.5. The predicted octanol–water partition coefficient (Wildman–Crippen LogP) is 3.99. The molecule has 6 nitrogen and oxygen atoms in total. The van der Waals surface area contributed by atoms with Crippen LogP contribution in [-0.2, 0) is 14.3 Å². The van der Waals surface area contributed by atoms with Gasteiger partial charge in [-0.2, -0.15) is 0 Å². The minimum atomic E-state index is -0.329. The maximum atomic E-state index is 13.2. The molecule has 2 amide bonds. The van der Waals surface area contributed by atoms with Crippen LogP contribution in [0.3, 0.4) is 0 Å². The van der Waals surface area contributed by atoms with Crippen LogP contribution >= 0.6 is 0 Å². The summed E-state index contributed by atoms with van der Waals surface area (Å²) in [6, 6.07) is 13.8. The maximum absolute atomic E-state index is 13.2. The zero-order valence-corrected chi connectivity index (χ0v) is 19.0. The molecule has 0 aromatic heterocycles. The maximum Gasteiger partial charge on any atom is 0.278 e. The van der Waals surface area contributed by atoms with Gasteiger partial charge < -0.3 is 15.0 Å². The lowest BCUT2D eigenvalue weighted by molar-refractivity contribution is -0.137. The standard InChI is InChI=1S/C25H31N3O3/c1-6-27(7-2)20-11-9-19(10-12-20)26-23-22(21-13-8-17(3)16-18(21)4)24(29)28(25(23)30)14-15-31-5/h8-13,16,26H,6-7,14-15H2,1-5H3. The molecular formula is C25H31N3O3. The Morgan fingerprint density at radius 3 is 2.23 bits per heavy atom. The van der Waals surface area contributed by atoms with Crippen molar-refractivity contribution in [3.63, 3.8) is 0 Å². The van der Waals surface area contributed by atoms with Crippen molar-refractivity contribution in [3.05, 3.63) is 64.9 Å². The van der Waals surface area contributed by atoms with E-state index in [1.807, 2.05) is 56.3 Å². The molecule has 2 aromatic rings. The van der Waals surface area contributed by atoms with Gasteiger partial charge in [-0.15, -0.1) is 0 Å². The second kappa shape index (κ2) is 9.79. The van der Waals surface area contributed by atoms with E-state index in [0.717, 1.165) is 41.2 Å². The zero-order valence-electron chi connectivity index (χ0n) is 19.0. The SMILES string of the molecule is CCN(CC)c1ccc(NC2=C(c3ccc(C)cc3C)C(=O)N(CCOC)C2=O)cc1. The molecule has 6 heteroatoms. The number of hydrogen-bond acceptors (Lipinski definition) is 5. The Labute approximate surface area is 184 Å². The van der Waals surface area contributed by atoms with Crippen molar-refractivity contribution in [1.82, 2.24) is 4.90 Å². The molecule has 0 saturated carbocycles. The Balaban J connectivity index is 2.00. The molecule has 0 bridgehead atoms. The summed E-state index contributed by atoms with van der Waals surface area (Å²) in [4.78, 5) is 29.9. The fourth-order valence-corrected chi connectivity index (χ4v) is 3.91. The first kappa shape index (κ1) is 22.6. The van der Waals surface area contributed by atoms with Crippen molar-refractivity contribution < 1.29 is 14.3 Å². The molecule has 0 saturated heterocycles. The van der Waals surface area contributed by atoms with Crippen LogP contribution in [0.15, 0.2) is 48.2 Å². The molecule has 0 aliphatic carbocycles. The van der Waals surface area contributed by atoms with Crippen LogP contribution in [0.25, 0.3) is 5.57 Å². The molecule has 2 aromatic carbocycles. The van der Waals surface area contributed by atoms with Crippen molar-refractivity contribution in [2.75, 3.05) is 43.6 Å². The molecule has 0 radical (unpaired) electrons. The number of carbonyl (C=O) groups excluding carboxylic acids is 2. The van der Waals surface area contributed by atoms with Gasteiger partial charge >= 0.3 is 0 Å². The molecule has 0 spiro atoms. The van der Waals surface area contributed by atoms with Crippen LogP contribution < -0.4 is 10.2 Å². The number of anilines is 2. The fourth-order valence-electron chi connectivity index (χ4n) is 3.91. The second-order valence-corrected chi connectivity index (χ2v) is 7.67. The first-order chi connectivity index (χ1) is 14.9. The Morgan fingerprint density at radius 1 is 0.968 bits per heavy atom. The highest BCUT2D eigenvalue weighted by Gasteiger charge is 2.39. The van der Waals surface area contributed by atoms with Gasteiger partial charge in [-0.1, -0.05) is 23.8 Å². The van der Waals surface area contributed by atoms with Crippen molar-refractivity contribution >= 4 is 28.8 Å². The third kappa shape index (κ3) is 4.64. The van der Waals surface area contributed by atoms with E-state index >= 15 is 0 Å². The van der Waals surface area contributed by atoms with E-state index in [4.69, 9.17) is 4.74 Å². The van der Waals surface area contributed by atoms with Gasteiger partial charge in [0.2, 0.25) is 0 Å². The number of ether oxygens (including phenoxy) is 1. The number of nitrogens with zero attached hydrogens (tertiary/aromatic N) is 2. The largest absolute Gasteiger partial charge is 0.383 e. The highest BCUT2D eigenvalue weighted by atomic mass is 16.5. The number of methoxy groups -OCH3 is 1. The average Bonchev–Trinajstić information content (AvgIpc) is 2.98. The number of benzene rings is 2. The smallest absolute Gasteiger partial charge is 0.278 e. The predicted molar refractivity (Wildman–Crippen MR) is 125 cm³/mol. The van der Waals surface area contributed by atoms with Gasteiger partial charge in [0, 0.05) is 31.6 Å². The van der Waals surface area contributed by atoms with Crippen molar-refractivity contribution in [1.29, 1.82) is 0 Å². The van der Waals surface area contributed by atoms with Gasteiger partial charge in [0.25, 0.3) is 11.8 Å². The van der Waals surface area contributed by atoms with E-state index in [0.29, 0.717) is 17.9 Å². The summed E-state index contributed by atoms with van der Waals surface area (Å²) in [5.41, 5.74) is 5.44. The van der Waals surface area contributed by atoms with Gasteiger partial charge in [0.05, 0.1) is 18.7 Å². The summed E-state index contributed by atoms with van der Waals surface area (Å²) in [7, 11) is 1.56. The molecular weight excluding hydrogens is 390 g/mol. The number of nitrogens with one attached hydrogen (secondary N) is 1. The summed E-state index contributed by atoms with van der Waals surface area (Å²) < 4.78 is 5.10. The minimum Gasteiger partial charge on any atom is -0.383 e. The highest BCUT2D eigenvalue weighted by Crippen LogP contribution is 2.32. The first-order valence-electron chi connectivity index (χ1n) is 10.7. The molecule has 1 N–H and O–H groups in total. The van der Waals surface area contributed by atoms with Crippen LogP contribution in [-0.4, -0.2) is 50.1 Å². The quantitative estimate of drug-likeness (QED) is 0.621. The third-order valence-corrected chi connectivity index (χ3v) is 5.60. The lowest BCUT2D eigenvalue weighted by atomic mass is 9.97. The first-order valence-corrected chi connectivity index (χ1v) is 10.7. The van der Waals surface area contributed by atoms with E-state index in [1.165, 1.54) is 4.90 Å². The minimum absolute atomic E-state index is 0.217. The lowest BCUT2D eigenvalue weighted by Crippen LogP contribution is -2.35. The molecule has 31 heavy (non-hydrogen) atoms. The van der Waals surface area contributed by atoms with Crippen molar-refractivity contribution in [2.45, 2.75) is 27.7 Å².